The quantitative estimate of drug-likeness (QED) is 0.632. The number of alkyl carbamates (subject to hydrolysis) is 1. The van der Waals surface area contributed by atoms with E-state index in [-0.39, 0.29) is 13.2 Å². The molecule has 0 saturated carbocycles. The summed E-state index contributed by atoms with van der Waals surface area (Å²) in [7, 11) is 0. The summed E-state index contributed by atoms with van der Waals surface area (Å²) in [4.78, 5) is 11.6. The largest absolute Gasteiger partial charge is 0.445 e. The van der Waals surface area contributed by atoms with Gasteiger partial charge in [-0.25, -0.2) is 4.79 Å². The maximum Gasteiger partial charge on any atom is 0.407 e. The number of amides is 1. The summed E-state index contributed by atoms with van der Waals surface area (Å²) in [5.41, 5.74) is 0.871. The summed E-state index contributed by atoms with van der Waals surface area (Å²) in [6.07, 6.45) is 1.21. The minimum absolute atomic E-state index is 0.146. The van der Waals surface area contributed by atoms with Gasteiger partial charge in [-0.15, -0.1) is 6.58 Å². The van der Waals surface area contributed by atoms with Gasteiger partial charge in [0.15, 0.2) is 0 Å². The Bertz CT molecular complexity index is 408. The van der Waals surface area contributed by atoms with E-state index in [2.05, 4.69) is 11.9 Å². The SMILES string of the molecule is C=CCC[C@H](O)[C@@H](CO)NC(=O)OCc1ccccc1. The van der Waals surface area contributed by atoms with Crippen molar-refractivity contribution in [1.82, 2.24) is 5.32 Å². The molecule has 110 valence electrons. The molecule has 3 N–H and O–H groups in total. The molecule has 2 atom stereocenters. The third-order valence-electron chi connectivity index (χ3n) is 2.84. The van der Waals surface area contributed by atoms with Gasteiger partial charge in [-0.05, 0) is 18.4 Å². The Morgan fingerprint density at radius 2 is 2.10 bits per heavy atom. The highest BCUT2D eigenvalue weighted by Crippen LogP contribution is 2.05. The van der Waals surface area contributed by atoms with Crippen molar-refractivity contribution in [2.24, 2.45) is 0 Å². The van der Waals surface area contributed by atoms with Crippen LogP contribution in [0.2, 0.25) is 0 Å². The minimum Gasteiger partial charge on any atom is -0.445 e. The number of nitrogens with one attached hydrogen (secondary N) is 1. The fourth-order valence-electron chi connectivity index (χ4n) is 1.67. The predicted molar refractivity (Wildman–Crippen MR) is 76.1 cm³/mol. The van der Waals surface area contributed by atoms with Crippen LogP contribution in [-0.4, -0.2) is 35.1 Å². The highest BCUT2D eigenvalue weighted by molar-refractivity contribution is 5.67. The van der Waals surface area contributed by atoms with Gasteiger partial charge in [-0.2, -0.15) is 0 Å². The number of carbonyl (C=O) groups is 1. The van der Waals surface area contributed by atoms with Crippen LogP contribution in [0, 0.1) is 0 Å². The second kappa shape index (κ2) is 9.12. The molecular weight excluding hydrogens is 258 g/mol. The Morgan fingerprint density at radius 3 is 2.70 bits per heavy atom. The highest BCUT2D eigenvalue weighted by atomic mass is 16.5. The molecule has 0 bridgehead atoms. The van der Waals surface area contributed by atoms with Crippen LogP contribution in [0.5, 0.6) is 0 Å². The van der Waals surface area contributed by atoms with Gasteiger partial charge < -0.3 is 20.3 Å². The lowest BCUT2D eigenvalue weighted by molar-refractivity contribution is 0.0722. The lowest BCUT2D eigenvalue weighted by atomic mass is 10.1. The molecular formula is C15H21NO4. The molecule has 1 aromatic carbocycles. The van der Waals surface area contributed by atoms with E-state index in [9.17, 15) is 15.0 Å². The molecule has 1 amide bonds. The molecule has 1 aromatic rings. The fraction of sp³-hybridized carbons (Fsp3) is 0.400. The van der Waals surface area contributed by atoms with E-state index in [4.69, 9.17) is 4.74 Å². The first-order chi connectivity index (χ1) is 9.67. The molecule has 0 aliphatic carbocycles. The predicted octanol–water partition coefficient (Wildman–Crippen LogP) is 1.60. The molecule has 0 fully saturated rings. The molecule has 0 aliphatic heterocycles. The summed E-state index contributed by atoms with van der Waals surface area (Å²) < 4.78 is 5.02. The van der Waals surface area contributed by atoms with Gasteiger partial charge in [-0.3, -0.25) is 0 Å². The summed E-state index contributed by atoms with van der Waals surface area (Å²) >= 11 is 0. The number of hydrogen-bond donors (Lipinski definition) is 3. The molecule has 5 heteroatoms. The molecule has 0 aliphatic rings. The van der Waals surface area contributed by atoms with Crippen molar-refractivity contribution in [3.63, 3.8) is 0 Å². The Kier molecular flexibility index (Phi) is 7.39. The van der Waals surface area contributed by atoms with Crippen molar-refractivity contribution in [2.75, 3.05) is 6.61 Å². The Hall–Kier alpha value is -1.85. The highest BCUT2D eigenvalue weighted by Gasteiger charge is 2.20. The van der Waals surface area contributed by atoms with Crippen LogP contribution in [0.4, 0.5) is 4.79 Å². The van der Waals surface area contributed by atoms with Crippen molar-refractivity contribution in [3.8, 4) is 0 Å². The Labute approximate surface area is 118 Å². The number of allylic oxidation sites excluding steroid dienone is 1. The molecule has 1 rings (SSSR count). The number of aliphatic hydroxyl groups excluding tert-OH is 2. The van der Waals surface area contributed by atoms with Crippen molar-refractivity contribution in [1.29, 1.82) is 0 Å². The van der Waals surface area contributed by atoms with E-state index in [1.54, 1.807) is 6.08 Å². The van der Waals surface area contributed by atoms with Gasteiger partial charge >= 0.3 is 6.09 Å². The van der Waals surface area contributed by atoms with E-state index in [0.29, 0.717) is 12.8 Å². The van der Waals surface area contributed by atoms with Crippen LogP contribution in [0.1, 0.15) is 18.4 Å². The second-order valence-corrected chi connectivity index (χ2v) is 4.43. The van der Waals surface area contributed by atoms with Gasteiger partial charge in [0.05, 0.1) is 18.8 Å². The first-order valence-electron chi connectivity index (χ1n) is 6.54. The lowest BCUT2D eigenvalue weighted by Crippen LogP contribution is -2.46. The number of carbonyl (C=O) groups excluding carboxylic acids is 1. The first-order valence-corrected chi connectivity index (χ1v) is 6.54. The zero-order valence-electron chi connectivity index (χ0n) is 11.4. The van der Waals surface area contributed by atoms with Crippen LogP contribution in [-0.2, 0) is 11.3 Å². The lowest BCUT2D eigenvalue weighted by Gasteiger charge is -2.21. The average molecular weight is 279 g/mol. The zero-order valence-corrected chi connectivity index (χ0v) is 11.4. The van der Waals surface area contributed by atoms with E-state index >= 15 is 0 Å². The van der Waals surface area contributed by atoms with Gasteiger partial charge in [0.1, 0.15) is 6.61 Å². The van der Waals surface area contributed by atoms with Gasteiger partial charge in [0, 0.05) is 0 Å². The van der Waals surface area contributed by atoms with Crippen LogP contribution >= 0.6 is 0 Å². The third-order valence-corrected chi connectivity index (χ3v) is 2.84. The molecule has 0 radical (unpaired) electrons. The van der Waals surface area contributed by atoms with Crippen molar-refractivity contribution < 1.29 is 19.7 Å². The fourth-order valence-corrected chi connectivity index (χ4v) is 1.67. The Morgan fingerprint density at radius 1 is 1.40 bits per heavy atom. The zero-order chi connectivity index (χ0) is 14.8. The standard InChI is InChI=1S/C15H21NO4/c1-2-3-9-14(18)13(10-17)16-15(19)20-11-12-7-5-4-6-8-12/h2,4-8,13-14,17-18H,1,3,9-11H2,(H,16,19)/t13-,14+/m1/s1. The molecule has 20 heavy (non-hydrogen) atoms. The van der Waals surface area contributed by atoms with Gasteiger partial charge in [0.2, 0.25) is 0 Å². The van der Waals surface area contributed by atoms with E-state index in [0.717, 1.165) is 5.56 Å². The molecule has 0 aromatic heterocycles. The Balaban J connectivity index is 2.37. The molecule has 0 heterocycles. The number of benzene rings is 1. The molecule has 5 nitrogen and oxygen atoms in total. The molecule has 0 spiro atoms. The number of hydrogen-bond acceptors (Lipinski definition) is 4. The van der Waals surface area contributed by atoms with Crippen LogP contribution < -0.4 is 5.32 Å². The number of aliphatic hydroxyl groups is 2. The smallest absolute Gasteiger partial charge is 0.407 e. The number of ether oxygens (including phenoxy) is 1. The van der Waals surface area contributed by atoms with Crippen LogP contribution in [0.15, 0.2) is 43.0 Å². The van der Waals surface area contributed by atoms with Crippen molar-refractivity contribution >= 4 is 6.09 Å². The average Bonchev–Trinajstić information content (AvgIpc) is 2.49. The normalized spacial score (nSPS) is 13.3. The molecule has 0 saturated heterocycles. The van der Waals surface area contributed by atoms with Crippen LogP contribution in [0.3, 0.4) is 0 Å². The second-order valence-electron chi connectivity index (χ2n) is 4.43. The summed E-state index contributed by atoms with van der Waals surface area (Å²) in [6, 6.07) is 8.53. The van der Waals surface area contributed by atoms with E-state index in [1.165, 1.54) is 0 Å². The van der Waals surface area contributed by atoms with Gasteiger partial charge in [-0.1, -0.05) is 36.4 Å². The van der Waals surface area contributed by atoms with Crippen molar-refractivity contribution in [2.45, 2.75) is 31.6 Å². The topological polar surface area (TPSA) is 78.8 Å². The maximum atomic E-state index is 11.6. The summed E-state index contributed by atoms with van der Waals surface area (Å²) in [6.45, 7) is 3.35. The molecule has 0 unspecified atom stereocenters. The summed E-state index contributed by atoms with van der Waals surface area (Å²) in [5.74, 6) is 0. The van der Waals surface area contributed by atoms with Gasteiger partial charge in [0.25, 0.3) is 0 Å². The summed E-state index contributed by atoms with van der Waals surface area (Å²) in [5, 5.41) is 21.4. The third kappa shape index (κ3) is 5.86. The first kappa shape index (κ1) is 16.2. The monoisotopic (exact) mass is 279 g/mol. The number of rotatable bonds is 8. The van der Waals surface area contributed by atoms with E-state index in [1.807, 2.05) is 30.3 Å². The van der Waals surface area contributed by atoms with Crippen molar-refractivity contribution in [3.05, 3.63) is 48.6 Å². The maximum absolute atomic E-state index is 11.6. The van der Waals surface area contributed by atoms with E-state index < -0.39 is 18.2 Å². The van der Waals surface area contributed by atoms with Crippen LogP contribution in [0.25, 0.3) is 0 Å². The minimum atomic E-state index is -0.831.